The molecule has 1 aromatic carbocycles. The van der Waals surface area contributed by atoms with Crippen LogP contribution in [0, 0.1) is 17.3 Å². The molecular weight excluding hydrogens is 306 g/mol. The van der Waals surface area contributed by atoms with E-state index in [0.29, 0.717) is 24.4 Å². The summed E-state index contributed by atoms with van der Waals surface area (Å²) in [4.78, 5) is 26.0. The minimum absolute atomic E-state index is 0.00833. The second-order valence-corrected chi connectivity index (χ2v) is 7.37. The number of carboxylic acid groups (broad SMARTS) is 1. The normalized spacial score (nSPS) is 23.5. The number of nitrogens with zero attached hydrogens (tertiary/aromatic N) is 1. The Bertz CT molecular complexity index is 621. The highest BCUT2D eigenvalue weighted by Gasteiger charge is 2.48. The summed E-state index contributed by atoms with van der Waals surface area (Å²) in [6, 6.07) is 7.17. The van der Waals surface area contributed by atoms with Crippen molar-refractivity contribution < 1.29 is 19.4 Å². The molecule has 1 heterocycles. The summed E-state index contributed by atoms with van der Waals surface area (Å²) in [5, 5.41) is 9.60. The maximum atomic E-state index is 12.7. The van der Waals surface area contributed by atoms with Crippen molar-refractivity contribution in [3.8, 4) is 5.75 Å². The number of aliphatic carboxylic acids is 1. The Hall–Kier alpha value is -2.04. The summed E-state index contributed by atoms with van der Waals surface area (Å²) >= 11 is 0. The average molecular weight is 331 g/mol. The van der Waals surface area contributed by atoms with E-state index in [9.17, 15) is 14.7 Å². The van der Waals surface area contributed by atoms with Crippen LogP contribution in [0.2, 0.25) is 0 Å². The zero-order chi connectivity index (χ0) is 17.3. The first-order valence-corrected chi connectivity index (χ1v) is 8.68. The third-order valence-electron chi connectivity index (χ3n) is 5.40. The van der Waals surface area contributed by atoms with Crippen LogP contribution in [0.1, 0.15) is 43.5 Å². The van der Waals surface area contributed by atoms with E-state index in [4.69, 9.17) is 4.74 Å². The predicted molar refractivity (Wildman–Crippen MR) is 90.1 cm³/mol. The molecule has 1 aromatic rings. The summed E-state index contributed by atoms with van der Waals surface area (Å²) in [5.74, 6) is 0.549. The van der Waals surface area contributed by atoms with E-state index in [1.54, 1.807) is 17.0 Å². The minimum atomic E-state index is -0.830. The molecule has 1 amide bonds. The number of carboxylic acids is 1. The largest absolute Gasteiger partial charge is 0.493 e. The predicted octanol–water partition coefficient (Wildman–Crippen LogP) is 3.05. The van der Waals surface area contributed by atoms with Crippen LogP contribution in [0.3, 0.4) is 0 Å². The van der Waals surface area contributed by atoms with Gasteiger partial charge >= 0.3 is 5.97 Å². The van der Waals surface area contributed by atoms with Crippen LogP contribution in [0.5, 0.6) is 5.75 Å². The summed E-state index contributed by atoms with van der Waals surface area (Å²) in [6.07, 6.45) is 2.99. The van der Waals surface area contributed by atoms with E-state index in [1.165, 1.54) is 12.8 Å². The lowest BCUT2D eigenvalue weighted by molar-refractivity contribution is -0.150. The lowest BCUT2D eigenvalue weighted by atomic mass is 9.76. The van der Waals surface area contributed by atoms with E-state index in [1.807, 2.05) is 26.0 Å². The first kappa shape index (κ1) is 16.8. The Morgan fingerprint density at radius 2 is 1.96 bits per heavy atom. The molecule has 1 saturated heterocycles. The fourth-order valence-corrected chi connectivity index (χ4v) is 3.27. The van der Waals surface area contributed by atoms with Crippen molar-refractivity contribution in [1.29, 1.82) is 0 Å². The standard InChI is InChI=1S/C19H25NO4/c1-13(2)19(18(22)23)9-10-20(12-19)17(21)15-5-7-16(8-6-15)24-11-14-3-4-14/h5-8,13-14H,3-4,9-12H2,1-2H3,(H,22,23). The number of hydrogen-bond acceptors (Lipinski definition) is 3. The molecule has 130 valence electrons. The highest BCUT2D eigenvalue weighted by Crippen LogP contribution is 2.38. The number of hydrogen-bond donors (Lipinski definition) is 1. The lowest BCUT2D eigenvalue weighted by Crippen LogP contribution is -2.40. The smallest absolute Gasteiger partial charge is 0.311 e. The zero-order valence-electron chi connectivity index (χ0n) is 14.3. The topological polar surface area (TPSA) is 66.8 Å². The average Bonchev–Trinajstić information content (AvgIpc) is 3.27. The number of likely N-dealkylation sites (tertiary alicyclic amines) is 1. The van der Waals surface area contributed by atoms with Gasteiger partial charge in [-0.2, -0.15) is 0 Å². The molecule has 1 atom stereocenters. The van der Waals surface area contributed by atoms with Crippen LogP contribution in [-0.4, -0.2) is 41.6 Å². The molecule has 1 aliphatic heterocycles. The van der Waals surface area contributed by atoms with Crippen molar-refractivity contribution in [1.82, 2.24) is 4.90 Å². The summed E-state index contributed by atoms with van der Waals surface area (Å²) in [5.41, 5.74) is -0.248. The summed E-state index contributed by atoms with van der Waals surface area (Å²) in [7, 11) is 0. The second-order valence-electron chi connectivity index (χ2n) is 7.37. The molecule has 1 saturated carbocycles. The summed E-state index contributed by atoms with van der Waals surface area (Å²) in [6.45, 7) is 5.33. The van der Waals surface area contributed by atoms with Crippen molar-refractivity contribution in [2.75, 3.05) is 19.7 Å². The van der Waals surface area contributed by atoms with Crippen LogP contribution in [0.25, 0.3) is 0 Å². The second kappa shape index (κ2) is 6.46. The van der Waals surface area contributed by atoms with Gasteiger partial charge in [0.1, 0.15) is 5.75 Å². The molecule has 0 spiro atoms. The van der Waals surface area contributed by atoms with Gasteiger partial charge < -0.3 is 14.7 Å². The molecule has 5 nitrogen and oxygen atoms in total. The van der Waals surface area contributed by atoms with Crippen LogP contribution < -0.4 is 4.74 Å². The van der Waals surface area contributed by atoms with E-state index in [-0.39, 0.29) is 18.4 Å². The maximum Gasteiger partial charge on any atom is 0.311 e. The van der Waals surface area contributed by atoms with Crippen molar-refractivity contribution in [2.45, 2.75) is 33.1 Å². The van der Waals surface area contributed by atoms with Crippen molar-refractivity contribution >= 4 is 11.9 Å². The van der Waals surface area contributed by atoms with Gasteiger partial charge in [0.05, 0.1) is 12.0 Å². The minimum Gasteiger partial charge on any atom is -0.493 e. The summed E-state index contributed by atoms with van der Waals surface area (Å²) < 4.78 is 5.68. The van der Waals surface area contributed by atoms with Gasteiger partial charge in [0.2, 0.25) is 0 Å². The number of ether oxygens (including phenoxy) is 1. The maximum absolute atomic E-state index is 12.7. The number of amides is 1. The van der Waals surface area contributed by atoms with Crippen LogP contribution in [0.4, 0.5) is 0 Å². The Morgan fingerprint density at radius 1 is 1.29 bits per heavy atom. The Balaban J connectivity index is 1.64. The van der Waals surface area contributed by atoms with Crippen LogP contribution in [0.15, 0.2) is 24.3 Å². The van der Waals surface area contributed by atoms with Crippen molar-refractivity contribution in [3.63, 3.8) is 0 Å². The van der Waals surface area contributed by atoms with Gasteiger partial charge in [0.25, 0.3) is 5.91 Å². The monoisotopic (exact) mass is 331 g/mol. The fourth-order valence-electron chi connectivity index (χ4n) is 3.27. The van der Waals surface area contributed by atoms with Gasteiger partial charge in [-0.05, 0) is 55.4 Å². The SMILES string of the molecule is CC(C)C1(C(=O)O)CCN(C(=O)c2ccc(OCC3CC3)cc2)C1. The first-order chi connectivity index (χ1) is 11.4. The quantitative estimate of drug-likeness (QED) is 0.870. The third-order valence-corrected chi connectivity index (χ3v) is 5.40. The van der Waals surface area contributed by atoms with Crippen LogP contribution in [-0.2, 0) is 4.79 Å². The van der Waals surface area contributed by atoms with Crippen molar-refractivity contribution in [3.05, 3.63) is 29.8 Å². The number of carbonyl (C=O) groups excluding carboxylic acids is 1. The molecule has 1 N–H and O–H groups in total. The van der Waals surface area contributed by atoms with Gasteiger partial charge in [-0.3, -0.25) is 9.59 Å². The van der Waals surface area contributed by atoms with Gasteiger partial charge in [0, 0.05) is 18.7 Å². The molecule has 0 bridgehead atoms. The Kier molecular flexibility index (Phi) is 4.52. The Morgan fingerprint density at radius 3 is 2.46 bits per heavy atom. The molecule has 2 fully saturated rings. The van der Waals surface area contributed by atoms with Crippen LogP contribution >= 0.6 is 0 Å². The molecule has 2 aliphatic rings. The number of benzene rings is 1. The molecular formula is C19H25NO4. The molecule has 24 heavy (non-hydrogen) atoms. The van der Waals surface area contributed by atoms with E-state index >= 15 is 0 Å². The highest BCUT2D eigenvalue weighted by molar-refractivity contribution is 5.95. The van der Waals surface area contributed by atoms with Crippen molar-refractivity contribution in [2.24, 2.45) is 17.3 Å². The Labute approximate surface area is 142 Å². The van der Waals surface area contributed by atoms with Gasteiger partial charge in [-0.1, -0.05) is 13.8 Å². The van der Waals surface area contributed by atoms with E-state index < -0.39 is 11.4 Å². The molecule has 5 heteroatoms. The molecule has 0 aromatic heterocycles. The number of carbonyl (C=O) groups is 2. The number of rotatable bonds is 6. The van der Waals surface area contributed by atoms with Gasteiger partial charge in [-0.15, -0.1) is 0 Å². The third kappa shape index (κ3) is 3.25. The fraction of sp³-hybridized carbons (Fsp3) is 0.579. The van der Waals surface area contributed by atoms with Gasteiger partial charge in [0.15, 0.2) is 0 Å². The molecule has 3 rings (SSSR count). The lowest BCUT2D eigenvalue weighted by Gasteiger charge is -2.28. The highest BCUT2D eigenvalue weighted by atomic mass is 16.5. The van der Waals surface area contributed by atoms with E-state index in [0.717, 1.165) is 12.4 Å². The molecule has 1 aliphatic carbocycles. The molecule has 1 unspecified atom stereocenters. The zero-order valence-corrected chi connectivity index (χ0v) is 14.3. The molecule has 0 radical (unpaired) electrons. The first-order valence-electron chi connectivity index (χ1n) is 8.68. The van der Waals surface area contributed by atoms with Gasteiger partial charge in [-0.25, -0.2) is 0 Å². The van der Waals surface area contributed by atoms with E-state index in [2.05, 4.69) is 0 Å².